The molecule has 4 heteroatoms. The van der Waals surface area contributed by atoms with Crippen LogP contribution < -0.4 is 5.32 Å². The van der Waals surface area contributed by atoms with Crippen molar-refractivity contribution in [2.75, 3.05) is 18.1 Å². The van der Waals surface area contributed by atoms with Gasteiger partial charge < -0.3 is 5.32 Å². The van der Waals surface area contributed by atoms with Crippen molar-refractivity contribution < 1.29 is 0 Å². The van der Waals surface area contributed by atoms with Gasteiger partial charge in [-0.15, -0.1) is 0 Å². The lowest BCUT2D eigenvalue weighted by Crippen LogP contribution is -2.36. The summed E-state index contributed by atoms with van der Waals surface area (Å²) in [6, 6.07) is 0. The maximum atomic E-state index is 4.55. The fourth-order valence-corrected chi connectivity index (χ4v) is 4.66. The molecular formula is C17H27N3S. The molecule has 1 fully saturated rings. The van der Waals surface area contributed by atoms with Crippen molar-refractivity contribution in [1.82, 2.24) is 9.97 Å². The minimum absolute atomic E-state index is 0.417. The molecule has 1 aromatic heterocycles. The molecule has 2 aliphatic rings. The Morgan fingerprint density at radius 1 is 1.05 bits per heavy atom. The standard InChI is InChI=1S/C17H27N3S/c1-21-17(10-6-3-7-11-17)12-18-16-14-8-4-2-5-9-15(14)19-13-20-16/h13H,2-12H2,1H3,(H,18,19,20). The summed E-state index contributed by atoms with van der Waals surface area (Å²) in [5.74, 6) is 1.11. The van der Waals surface area contributed by atoms with Crippen molar-refractivity contribution in [3.63, 3.8) is 0 Å². The minimum atomic E-state index is 0.417. The maximum Gasteiger partial charge on any atom is 0.132 e. The predicted molar refractivity (Wildman–Crippen MR) is 91.1 cm³/mol. The zero-order valence-corrected chi connectivity index (χ0v) is 14.0. The second-order valence-electron chi connectivity index (χ2n) is 6.51. The molecule has 0 saturated heterocycles. The Balaban J connectivity index is 1.72. The molecule has 1 N–H and O–H groups in total. The van der Waals surface area contributed by atoms with Crippen molar-refractivity contribution in [1.29, 1.82) is 0 Å². The highest BCUT2D eigenvalue weighted by Gasteiger charge is 2.31. The molecule has 3 rings (SSSR count). The minimum Gasteiger partial charge on any atom is -0.368 e. The second-order valence-corrected chi connectivity index (χ2v) is 7.78. The van der Waals surface area contributed by atoms with Crippen LogP contribution in [-0.4, -0.2) is 27.5 Å². The topological polar surface area (TPSA) is 37.8 Å². The van der Waals surface area contributed by atoms with E-state index < -0.39 is 0 Å². The highest BCUT2D eigenvalue weighted by Crippen LogP contribution is 2.38. The van der Waals surface area contributed by atoms with Crippen LogP contribution in [0.3, 0.4) is 0 Å². The molecule has 3 nitrogen and oxygen atoms in total. The highest BCUT2D eigenvalue weighted by molar-refractivity contribution is 8.00. The number of hydrogen-bond acceptors (Lipinski definition) is 4. The van der Waals surface area contributed by atoms with Gasteiger partial charge in [0.1, 0.15) is 12.1 Å². The third-order valence-corrected chi connectivity index (χ3v) is 6.57. The van der Waals surface area contributed by atoms with E-state index in [-0.39, 0.29) is 0 Å². The van der Waals surface area contributed by atoms with E-state index in [1.165, 1.54) is 62.6 Å². The van der Waals surface area contributed by atoms with Crippen LogP contribution in [0.25, 0.3) is 0 Å². The second kappa shape index (κ2) is 6.99. The van der Waals surface area contributed by atoms with Crippen LogP contribution in [0.5, 0.6) is 0 Å². The molecule has 2 aliphatic carbocycles. The van der Waals surface area contributed by atoms with Gasteiger partial charge in [-0.05, 0) is 44.8 Å². The van der Waals surface area contributed by atoms with E-state index in [4.69, 9.17) is 0 Å². The lowest BCUT2D eigenvalue weighted by atomic mass is 9.88. The summed E-state index contributed by atoms with van der Waals surface area (Å²) in [6.45, 7) is 1.05. The molecule has 1 saturated carbocycles. The summed E-state index contributed by atoms with van der Waals surface area (Å²) in [5, 5.41) is 3.69. The van der Waals surface area contributed by atoms with Gasteiger partial charge in [0, 0.05) is 22.5 Å². The lowest BCUT2D eigenvalue weighted by Gasteiger charge is -2.36. The zero-order chi connectivity index (χ0) is 14.5. The van der Waals surface area contributed by atoms with E-state index in [2.05, 4.69) is 21.5 Å². The molecule has 1 heterocycles. The van der Waals surface area contributed by atoms with E-state index in [0.29, 0.717) is 4.75 Å². The number of aromatic nitrogens is 2. The Kier molecular flexibility index (Phi) is 5.04. The van der Waals surface area contributed by atoms with Crippen LogP contribution in [0.15, 0.2) is 6.33 Å². The summed E-state index contributed by atoms with van der Waals surface area (Å²) < 4.78 is 0.417. The third kappa shape index (κ3) is 3.53. The number of anilines is 1. The zero-order valence-electron chi connectivity index (χ0n) is 13.2. The van der Waals surface area contributed by atoms with Gasteiger partial charge in [-0.2, -0.15) is 11.8 Å². The van der Waals surface area contributed by atoms with Gasteiger partial charge in [0.05, 0.1) is 0 Å². The summed E-state index contributed by atoms with van der Waals surface area (Å²) >= 11 is 2.05. The summed E-state index contributed by atoms with van der Waals surface area (Å²) in [6.07, 6.45) is 17.0. The molecular weight excluding hydrogens is 278 g/mol. The molecule has 0 unspecified atom stereocenters. The normalized spacial score (nSPS) is 21.4. The average Bonchev–Trinajstić information content (AvgIpc) is 2.79. The monoisotopic (exact) mass is 305 g/mol. The fraction of sp³-hybridized carbons (Fsp3) is 0.765. The SMILES string of the molecule is CSC1(CNc2ncnc3c2CCCCC3)CCCCC1. The first kappa shape index (κ1) is 15.1. The van der Waals surface area contributed by atoms with E-state index in [0.717, 1.165) is 25.2 Å². The van der Waals surface area contributed by atoms with E-state index in [1.54, 1.807) is 6.33 Å². The van der Waals surface area contributed by atoms with Crippen LogP contribution in [0.2, 0.25) is 0 Å². The van der Waals surface area contributed by atoms with Gasteiger partial charge in [-0.3, -0.25) is 0 Å². The fourth-order valence-electron chi connectivity index (χ4n) is 3.74. The first-order valence-electron chi connectivity index (χ1n) is 8.45. The van der Waals surface area contributed by atoms with Crippen molar-refractivity contribution >= 4 is 17.6 Å². The van der Waals surface area contributed by atoms with Gasteiger partial charge in [0.2, 0.25) is 0 Å². The number of rotatable bonds is 4. The third-order valence-electron chi connectivity index (χ3n) is 5.15. The summed E-state index contributed by atoms with van der Waals surface area (Å²) in [7, 11) is 0. The van der Waals surface area contributed by atoms with E-state index in [9.17, 15) is 0 Å². The molecule has 0 atom stereocenters. The molecule has 116 valence electrons. The van der Waals surface area contributed by atoms with Gasteiger partial charge in [-0.1, -0.05) is 25.7 Å². The summed E-state index contributed by atoms with van der Waals surface area (Å²) in [4.78, 5) is 9.07. The molecule has 21 heavy (non-hydrogen) atoms. The average molecular weight is 305 g/mol. The lowest BCUT2D eigenvalue weighted by molar-refractivity contribution is 0.411. The van der Waals surface area contributed by atoms with E-state index in [1.807, 2.05) is 11.8 Å². The molecule has 0 bridgehead atoms. The Hall–Kier alpha value is -0.770. The number of thioether (sulfide) groups is 1. The number of fused-ring (bicyclic) bond motifs is 1. The molecule has 0 spiro atoms. The highest BCUT2D eigenvalue weighted by atomic mass is 32.2. The molecule has 0 aromatic carbocycles. The van der Waals surface area contributed by atoms with Crippen LogP contribution in [0.1, 0.15) is 62.6 Å². The Morgan fingerprint density at radius 2 is 1.81 bits per heavy atom. The quantitative estimate of drug-likeness (QED) is 0.845. The number of aryl methyl sites for hydroxylation is 1. The van der Waals surface area contributed by atoms with Crippen molar-refractivity contribution in [2.45, 2.75) is 69.0 Å². The van der Waals surface area contributed by atoms with E-state index >= 15 is 0 Å². The molecule has 0 aliphatic heterocycles. The largest absolute Gasteiger partial charge is 0.368 e. The Bertz CT molecular complexity index is 469. The van der Waals surface area contributed by atoms with Crippen LogP contribution in [0, 0.1) is 0 Å². The van der Waals surface area contributed by atoms with Crippen molar-refractivity contribution in [3.05, 3.63) is 17.6 Å². The van der Waals surface area contributed by atoms with Gasteiger partial charge in [-0.25, -0.2) is 9.97 Å². The number of nitrogens with one attached hydrogen (secondary N) is 1. The number of nitrogens with zero attached hydrogens (tertiary/aromatic N) is 2. The van der Waals surface area contributed by atoms with Crippen LogP contribution >= 0.6 is 11.8 Å². The van der Waals surface area contributed by atoms with Crippen LogP contribution in [0.4, 0.5) is 5.82 Å². The molecule has 0 amide bonds. The van der Waals surface area contributed by atoms with Gasteiger partial charge >= 0.3 is 0 Å². The summed E-state index contributed by atoms with van der Waals surface area (Å²) in [5.41, 5.74) is 2.67. The smallest absolute Gasteiger partial charge is 0.132 e. The number of hydrogen-bond donors (Lipinski definition) is 1. The van der Waals surface area contributed by atoms with Gasteiger partial charge in [0.15, 0.2) is 0 Å². The first-order valence-corrected chi connectivity index (χ1v) is 9.67. The van der Waals surface area contributed by atoms with Gasteiger partial charge in [0.25, 0.3) is 0 Å². The van der Waals surface area contributed by atoms with Crippen LogP contribution in [-0.2, 0) is 12.8 Å². The Labute approximate surface area is 132 Å². The van der Waals surface area contributed by atoms with Crippen molar-refractivity contribution in [2.24, 2.45) is 0 Å². The maximum absolute atomic E-state index is 4.55. The predicted octanol–water partition coefficient (Wildman–Crippen LogP) is 4.22. The Morgan fingerprint density at radius 3 is 2.62 bits per heavy atom. The molecule has 1 aromatic rings. The molecule has 0 radical (unpaired) electrons. The van der Waals surface area contributed by atoms with Crippen molar-refractivity contribution in [3.8, 4) is 0 Å². The first-order chi connectivity index (χ1) is 10.3.